The second-order valence-corrected chi connectivity index (χ2v) is 5.38. The molecular weight excluding hydrogens is 463 g/mol. The molecule has 9 heteroatoms. The number of methoxy groups -OCH3 is 2. The van der Waals surface area contributed by atoms with Crippen molar-refractivity contribution in [2.24, 2.45) is 4.99 Å². The molecule has 0 amide bonds. The Morgan fingerprint density at radius 2 is 1.85 bits per heavy atom. The van der Waals surface area contributed by atoms with E-state index >= 15 is 0 Å². The van der Waals surface area contributed by atoms with E-state index in [9.17, 15) is 10.1 Å². The first-order valence-corrected chi connectivity index (χ1v) is 7.96. The molecule has 0 aliphatic carbocycles. The van der Waals surface area contributed by atoms with Crippen LogP contribution in [-0.2, 0) is 13.1 Å². The third kappa shape index (κ3) is 6.59. The fourth-order valence-corrected chi connectivity index (χ4v) is 2.36. The van der Waals surface area contributed by atoms with Crippen LogP contribution in [-0.4, -0.2) is 32.2 Å². The lowest BCUT2D eigenvalue weighted by Gasteiger charge is -2.14. The zero-order valence-corrected chi connectivity index (χ0v) is 17.7. The SMILES string of the molecule is CN=C(NCc1cccc([N+](=O)[O-])c1)NCc1ccc(OC)cc1OC.I. The molecule has 2 aromatic rings. The predicted octanol–water partition coefficient (Wildman–Crippen LogP) is 3.10. The molecule has 8 nitrogen and oxygen atoms in total. The number of nitrogens with one attached hydrogen (secondary N) is 2. The summed E-state index contributed by atoms with van der Waals surface area (Å²) >= 11 is 0. The number of guanidine groups is 1. The monoisotopic (exact) mass is 486 g/mol. The standard InChI is InChI=1S/C18H22N4O4.HI/c1-19-18(20-11-13-5-4-6-15(9-13)22(23)24)21-12-14-7-8-16(25-2)10-17(14)26-3;/h4-10H,11-12H2,1-3H3,(H2,19,20,21);1H. The van der Waals surface area contributed by atoms with Crippen LogP contribution in [0.4, 0.5) is 5.69 Å². The first kappa shape index (κ1) is 22.5. The second kappa shape index (κ2) is 11.2. The van der Waals surface area contributed by atoms with Crippen LogP contribution < -0.4 is 20.1 Å². The number of ether oxygens (including phenoxy) is 2. The molecule has 0 heterocycles. The zero-order chi connectivity index (χ0) is 18.9. The molecule has 2 N–H and O–H groups in total. The molecular formula is C18H23IN4O4. The Bertz CT molecular complexity index is 799. The van der Waals surface area contributed by atoms with Crippen LogP contribution in [0, 0.1) is 10.1 Å². The van der Waals surface area contributed by atoms with Gasteiger partial charge in [-0.15, -0.1) is 24.0 Å². The normalized spacial score (nSPS) is 10.6. The third-order valence-electron chi connectivity index (χ3n) is 3.75. The predicted molar refractivity (Wildman–Crippen MR) is 115 cm³/mol. The highest BCUT2D eigenvalue weighted by atomic mass is 127. The highest BCUT2D eigenvalue weighted by Gasteiger charge is 2.08. The lowest BCUT2D eigenvalue weighted by Crippen LogP contribution is -2.36. The van der Waals surface area contributed by atoms with Crippen LogP contribution in [0.3, 0.4) is 0 Å². The number of nitro benzene ring substituents is 1. The van der Waals surface area contributed by atoms with Gasteiger partial charge in [-0.1, -0.05) is 12.1 Å². The highest BCUT2D eigenvalue weighted by Crippen LogP contribution is 2.24. The molecule has 0 aliphatic heterocycles. The molecule has 0 spiro atoms. The molecule has 2 rings (SSSR count). The Labute approximate surface area is 175 Å². The highest BCUT2D eigenvalue weighted by molar-refractivity contribution is 14.0. The molecule has 0 aromatic heterocycles. The van der Waals surface area contributed by atoms with Gasteiger partial charge in [-0.3, -0.25) is 15.1 Å². The Morgan fingerprint density at radius 1 is 1.11 bits per heavy atom. The van der Waals surface area contributed by atoms with Crippen LogP contribution in [0.1, 0.15) is 11.1 Å². The van der Waals surface area contributed by atoms with Gasteiger partial charge in [0, 0.05) is 43.9 Å². The molecule has 27 heavy (non-hydrogen) atoms. The van der Waals surface area contributed by atoms with Gasteiger partial charge in [0.05, 0.1) is 19.1 Å². The smallest absolute Gasteiger partial charge is 0.269 e. The number of benzene rings is 2. The summed E-state index contributed by atoms with van der Waals surface area (Å²) in [5.74, 6) is 2.01. The number of halogens is 1. The van der Waals surface area contributed by atoms with Gasteiger partial charge < -0.3 is 20.1 Å². The molecule has 146 valence electrons. The van der Waals surface area contributed by atoms with E-state index in [0.29, 0.717) is 24.8 Å². The molecule has 0 bridgehead atoms. The molecule has 0 saturated heterocycles. The molecule has 0 aliphatic rings. The van der Waals surface area contributed by atoms with Gasteiger partial charge in [-0.25, -0.2) is 0 Å². The van der Waals surface area contributed by atoms with E-state index in [2.05, 4.69) is 15.6 Å². The largest absolute Gasteiger partial charge is 0.497 e. The van der Waals surface area contributed by atoms with Crippen LogP contribution >= 0.6 is 24.0 Å². The van der Waals surface area contributed by atoms with Gasteiger partial charge in [0.1, 0.15) is 11.5 Å². The number of nitrogens with zero attached hydrogens (tertiary/aromatic N) is 2. The van der Waals surface area contributed by atoms with Crippen molar-refractivity contribution in [1.82, 2.24) is 10.6 Å². The summed E-state index contributed by atoms with van der Waals surface area (Å²) in [5, 5.41) is 17.2. The summed E-state index contributed by atoms with van der Waals surface area (Å²) in [6.07, 6.45) is 0. The summed E-state index contributed by atoms with van der Waals surface area (Å²) in [5.41, 5.74) is 1.81. The Hall–Kier alpha value is -2.56. The lowest BCUT2D eigenvalue weighted by atomic mass is 10.2. The first-order chi connectivity index (χ1) is 12.6. The maximum Gasteiger partial charge on any atom is 0.269 e. The van der Waals surface area contributed by atoms with E-state index in [4.69, 9.17) is 9.47 Å². The molecule has 0 radical (unpaired) electrons. The van der Waals surface area contributed by atoms with Gasteiger partial charge >= 0.3 is 0 Å². The third-order valence-corrected chi connectivity index (χ3v) is 3.75. The minimum absolute atomic E-state index is 0. The van der Waals surface area contributed by atoms with Crippen LogP contribution in [0.25, 0.3) is 0 Å². The second-order valence-electron chi connectivity index (χ2n) is 5.38. The lowest BCUT2D eigenvalue weighted by molar-refractivity contribution is -0.384. The van der Waals surface area contributed by atoms with E-state index in [-0.39, 0.29) is 29.7 Å². The van der Waals surface area contributed by atoms with Gasteiger partial charge in [-0.05, 0) is 17.7 Å². The summed E-state index contributed by atoms with van der Waals surface area (Å²) in [6, 6.07) is 12.1. The Kier molecular flexibility index (Phi) is 9.34. The van der Waals surface area contributed by atoms with E-state index in [1.165, 1.54) is 12.1 Å². The van der Waals surface area contributed by atoms with Gasteiger partial charge in [0.15, 0.2) is 5.96 Å². The average molecular weight is 486 g/mol. The Balaban J connectivity index is 0.00000364. The van der Waals surface area contributed by atoms with Crippen molar-refractivity contribution in [3.63, 3.8) is 0 Å². The maximum absolute atomic E-state index is 10.8. The van der Waals surface area contributed by atoms with Gasteiger partial charge in [0.2, 0.25) is 0 Å². The summed E-state index contributed by atoms with van der Waals surface area (Å²) in [7, 11) is 4.87. The zero-order valence-electron chi connectivity index (χ0n) is 15.4. The van der Waals surface area contributed by atoms with Crippen molar-refractivity contribution in [1.29, 1.82) is 0 Å². The summed E-state index contributed by atoms with van der Waals surface area (Å²) in [6.45, 7) is 0.920. The number of non-ortho nitro benzene ring substituents is 1. The summed E-state index contributed by atoms with van der Waals surface area (Å²) in [4.78, 5) is 14.6. The number of aliphatic imine (C=N–C) groups is 1. The molecule has 0 atom stereocenters. The quantitative estimate of drug-likeness (QED) is 0.205. The molecule has 0 fully saturated rings. The average Bonchev–Trinajstić information content (AvgIpc) is 2.68. The molecule has 0 unspecified atom stereocenters. The minimum Gasteiger partial charge on any atom is -0.497 e. The Morgan fingerprint density at radius 3 is 2.48 bits per heavy atom. The number of hydrogen-bond donors (Lipinski definition) is 2. The van der Waals surface area contributed by atoms with Crippen molar-refractivity contribution < 1.29 is 14.4 Å². The molecule has 0 saturated carbocycles. The molecule has 2 aromatic carbocycles. The van der Waals surface area contributed by atoms with E-state index < -0.39 is 4.92 Å². The minimum atomic E-state index is -0.410. The van der Waals surface area contributed by atoms with Crippen LogP contribution in [0.15, 0.2) is 47.5 Å². The number of nitro groups is 1. The van der Waals surface area contributed by atoms with E-state index in [0.717, 1.165) is 16.9 Å². The topological polar surface area (TPSA) is 98.0 Å². The van der Waals surface area contributed by atoms with Crippen molar-refractivity contribution in [3.05, 3.63) is 63.7 Å². The van der Waals surface area contributed by atoms with E-state index in [1.54, 1.807) is 27.3 Å². The van der Waals surface area contributed by atoms with Crippen molar-refractivity contribution in [2.75, 3.05) is 21.3 Å². The maximum atomic E-state index is 10.8. The van der Waals surface area contributed by atoms with Crippen LogP contribution in [0.5, 0.6) is 11.5 Å². The van der Waals surface area contributed by atoms with Crippen molar-refractivity contribution in [3.8, 4) is 11.5 Å². The first-order valence-electron chi connectivity index (χ1n) is 7.96. The van der Waals surface area contributed by atoms with Crippen LogP contribution in [0.2, 0.25) is 0 Å². The summed E-state index contributed by atoms with van der Waals surface area (Å²) < 4.78 is 10.6. The number of hydrogen-bond acceptors (Lipinski definition) is 5. The fourth-order valence-electron chi connectivity index (χ4n) is 2.36. The van der Waals surface area contributed by atoms with Crippen molar-refractivity contribution in [2.45, 2.75) is 13.1 Å². The van der Waals surface area contributed by atoms with Crippen molar-refractivity contribution >= 4 is 35.6 Å². The van der Waals surface area contributed by atoms with Gasteiger partial charge in [-0.2, -0.15) is 0 Å². The number of rotatable bonds is 7. The van der Waals surface area contributed by atoms with E-state index in [1.807, 2.05) is 24.3 Å². The van der Waals surface area contributed by atoms with Gasteiger partial charge in [0.25, 0.3) is 5.69 Å². The fraction of sp³-hybridized carbons (Fsp3) is 0.278.